The van der Waals surface area contributed by atoms with Crippen molar-refractivity contribution in [2.24, 2.45) is 4.99 Å². The van der Waals surface area contributed by atoms with E-state index >= 15 is 0 Å². The highest BCUT2D eigenvalue weighted by Crippen LogP contribution is 2.25. The van der Waals surface area contributed by atoms with Crippen LogP contribution in [0.1, 0.15) is 30.0 Å². The van der Waals surface area contributed by atoms with Gasteiger partial charge in [-0.3, -0.25) is 9.98 Å². The molecule has 1 N–H and O–H groups in total. The van der Waals surface area contributed by atoms with Gasteiger partial charge in [0.05, 0.1) is 24.9 Å². The van der Waals surface area contributed by atoms with E-state index in [1.54, 1.807) is 19.2 Å². The maximum atomic E-state index is 13.2. The van der Waals surface area contributed by atoms with Gasteiger partial charge in [-0.1, -0.05) is 18.2 Å². The first-order chi connectivity index (χ1) is 12.5. The molecular weight excluding hydrogens is 458 g/mol. The van der Waals surface area contributed by atoms with Crippen LogP contribution in [0.25, 0.3) is 0 Å². The van der Waals surface area contributed by atoms with E-state index in [1.165, 1.54) is 12.1 Å². The molecule has 5 nitrogen and oxygen atoms in total. The number of nitrogens with zero attached hydrogens (tertiary/aromatic N) is 3. The molecule has 3 rings (SSSR count). The van der Waals surface area contributed by atoms with Crippen molar-refractivity contribution in [1.29, 1.82) is 0 Å². The molecule has 1 aromatic carbocycles. The molecule has 7 heteroatoms. The first-order valence-electron chi connectivity index (χ1n) is 8.84. The lowest BCUT2D eigenvalue weighted by molar-refractivity contribution is -0.0605. The zero-order chi connectivity index (χ0) is 18.5. The summed E-state index contributed by atoms with van der Waals surface area (Å²) in [6.45, 7) is 6.05. The Morgan fingerprint density at radius 1 is 1.26 bits per heavy atom. The van der Waals surface area contributed by atoms with Crippen LogP contribution in [0.4, 0.5) is 4.39 Å². The van der Waals surface area contributed by atoms with Gasteiger partial charge in [-0.05, 0) is 43.7 Å². The molecule has 1 aromatic heterocycles. The lowest BCUT2D eigenvalue weighted by atomic mass is 10.1. The number of nitrogens with one attached hydrogen (secondary N) is 1. The molecule has 0 radical (unpaired) electrons. The Balaban J connectivity index is 0.00000261. The summed E-state index contributed by atoms with van der Waals surface area (Å²) in [7, 11) is 1.78. The fraction of sp³-hybridized carbons (Fsp3) is 0.400. The van der Waals surface area contributed by atoms with Crippen LogP contribution in [0, 0.1) is 12.7 Å². The lowest BCUT2D eigenvalue weighted by Gasteiger charge is -2.38. The minimum absolute atomic E-state index is 0. The van der Waals surface area contributed by atoms with Crippen LogP contribution in [0.5, 0.6) is 0 Å². The van der Waals surface area contributed by atoms with Gasteiger partial charge in [0.25, 0.3) is 0 Å². The van der Waals surface area contributed by atoms with Crippen LogP contribution in [0.15, 0.2) is 47.5 Å². The maximum absolute atomic E-state index is 13.2. The number of rotatable bonds is 3. The van der Waals surface area contributed by atoms with Crippen LogP contribution >= 0.6 is 24.0 Å². The van der Waals surface area contributed by atoms with E-state index < -0.39 is 0 Å². The largest absolute Gasteiger partial charge is 0.367 e. The normalized spacial score (nSPS) is 20.1. The summed E-state index contributed by atoms with van der Waals surface area (Å²) < 4.78 is 19.3. The molecule has 2 heterocycles. The van der Waals surface area contributed by atoms with Crippen molar-refractivity contribution < 1.29 is 9.13 Å². The Morgan fingerprint density at radius 3 is 2.67 bits per heavy atom. The molecular formula is C20H26FIN4O. The third kappa shape index (κ3) is 5.87. The van der Waals surface area contributed by atoms with Gasteiger partial charge in [-0.2, -0.15) is 0 Å². The summed E-state index contributed by atoms with van der Waals surface area (Å²) in [6.07, 6.45) is -0.0653. The number of halogens is 2. The minimum Gasteiger partial charge on any atom is -0.367 e. The monoisotopic (exact) mass is 484 g/mol. The van der Waals surface area contributed by atoms with Crippen LogP contribution in [-0.2, 0) is 11.3 Å². The van der Waals surface area contributed by atoms with E-state index in [4.69, 9.17) is 4.74 Å². The number of morpholine rings is 1. The van der Waals surface area contributed by atoms with Crippen molar-refractivity contribution in [2.45, 2.75) is 32.6 Å². The minimum atomic E-state index is -0.238. The second kappa shape index (κ2) is 9.98. The molecule has 27 heavy (non-hydrogen) atoms. The average Bonchev–Trinajstić information content (AvgIpc) is 2.62. The van der Waals surface area contributed by atoms with E-state index in [0.717, 1.165) is 29.5 Å². The number of pyridine rings is 1. The molecule has 1 fully saturated rings. The average molecular weight is 484 g/mol. The van der Waals surface area contributed by atoms with E-state index in [2.05, 4.69) is 20.2 Å². The molecule has 0 bridgehead atoms. The molecule has 146 valence electrons. The Kier molecular flexibility index (Phi) is 7.97. The van der Waals surface area contributed by atoms with Gasteiger partial charge in [0, 0.05) is 19.3 Å². The number of hydrogen-bond donors (Lipinski definition) is 1. The third-order valence-corrected chi connectivity index (χ3v) is 4.39. The zero-order valence-electron chi connectivity index (χ0n) is 15.9. The topological polar surface area (TPSA) is 49.8 Å². The van der Waals surface area contributed by atoms with Crippen molar-refractivity contribution in [3.8, 4) is 0 Å². The zero-order valence-corrected chi connectivity index (χ0v) is 18.2. The van der Waals surface area contributed by atoms with Crippen molar-refractivity contribution >= 4 is 29.9 Å². The van der Waals surface area contributed by atoms with Gasteiger partial charge >= 0.3 is 0 Å². The summed E-state index contributed by atoms with van der Waals surface area (Å²) in [5, 5.41) is 3.38. The van der Waals surface area contributed by atoms with Gasteiger partial charge in [-0.15, -0.1) is 24.0 Å². The van der Waals surface area contributed by atoms with Crippen molar-refractivity contribution in [3.05, 3.63) is 65.2 Å². The number of aryl methyl sites for hydroxylation is 1. The highest BCUT2D eigenvalue weighted by atomic mass is 127. The molecule has 0 aliphatic carbocycles. The highest BCUT2D eigenvalue weighted by Gasteiger charge is 2.28. The van der Waals surface area contributed by atoms with E-state index in [-0.39, 0.29) is 42.0 Å². The Hall–Kier alpha value is -1.74. The molecule has 1 saturated heterocycles. The summed E-state index contributed by atoms with van der Waals surface area (Å²) in [6, 6.07) is 12.5. The fourth-order valence-corrected chi connectivity index (χ4v) is 3.19. The number of guanidine groups is 1. The van der Waals surface area contributed by atoms with Crippen LogP contribution in [-0.4, -0.2) is 42.1 Å². The van der Waals surface area contributed by atoms with E-state index in [1.807, 2.05) is 32.0 Å². The lowest BCUT2D eigenvalue weighted by Crippen LogP contribution is -2.50. The molecule has 2 atom stereocenters. The molecule has 2 aromatic rings. The second-order valence-corrected chi connectivity index (χ2v) is 6.56. The van der Waals surface area contributed by atoms with Crippen molar-refractivity contribution in [1.82, 2.24) is 15.2 Å². The van der Waals surface area contributed by atoms with Crippen molar-refractivity contribution in [2.75, 3.05) is 20.1 Å². The van der Waals surface area contributed by atoms with E-state index in [0.29, 0.717) is 13.1 Å². The number of hydrogen-bond acceptors (Lipinski definition) is 3. The summed E-state index contributed by atoms with van der Waals surface area (Å²) in [5.41, 5.74) is 2.94. The number of aromatic nitrogens is 1. The molecule has 0 saturated carbocycles. The van der Waals surface area contributed by atoms with Crippen LogP contribution < -0.4 is 5.32 Å². The van der Waals surface area contributed by atoms with Gasteiger partial charge in [0.15, 0.2) is 5.96 Å². The molecule has 1 aliphatic heterocycles. The molecule has 2 unspecified atom stereocenters. The van der Waals surface area contributed by atoms with Gasteiger partial charge in [0.2, 0.25) is 0 Å². The first kappa shape index (κ1) is 21.6. The highest BCUT2D eigenvalue weighted by molar-refractivity contribution is 14.0. The molecule has 1 aliphatic rings. The quantitative estimate of drug-likeness (QED) is 0.411. The maximum Gasteiger partial charge on any atom is 0.194 e. The Bertz CT molecular complexity index is 769. The summed E-state index contributed by atoms with van der Waals surface area (Å²) in [4.78, 5) is 11.1. The molecule has 0 amide bonds. The number of benzene rings is 1. The fourth-order valence-electron chi connectivity index (χ4n) is 3.19. The third-order valence-electron chi connectivity index (χ3n) is 4.39. The first-order valence-corrected chi connectivity index (χ1v) is 8.84. The van der Waals surface area contributed by atoms with Crippen LogP contribution in [0.3, 0.4) is 0 Å². The van der Waals surface area contributed by atoms with E-state index in [9.17, 15) is 4.39 Å². The van der Waals surface area contributed by atoms with Gasteiger partial charge < -0.3 is 15.0 Å². The van der Waals surface area contributed by atoms with Gasteiger partial charge in [-0.25, -0.2) is 4.39 Å². The van der Waals surface area contributed by atoms with Crippen LogP contribution in [0.2, 0.25) is 0 Å². The Morgan fingerprint density at radius 2 is 2.00 bits per heavy atom. The Labute approximate surface area is 177 Å². The number of ether oxygens (including phenoxy) is 1. The van der Waals surface area contributed by atoms with Crippen molar-refractivity contribution in [3.63, 3.8) is 0 Å². The van der Waals surface area contributed by atoms with Gasteiger partial charge in [0.1, 0.15) is 11.9 Å². The standard InChI is InChI=1S/C20H25FN4O.HI/c1-14-5-4-6-18(24-14)11-23-20(22-3)25-12-15(2)26-19(13-25)16-7-9-17(21)10-8-16;/h4-10,15,19H,11-13H2,1-3H3,(H,22,23);1H. The predicted molar refractivity (Wildman–Crippen MR) is 116 cm³/mol. The smallest absolute Gasteiger partial charge is 0.194 e. The molecule has 0 spiro atoms. The summed E-state index contributed by atoms with van der Waals surface area (Å²) >= 11 is 0. The number of aliphatic imine (C=N–C) groups is 1. The predicted octanol–water partition coefficient (Wildman–Crippen LogP) is 3.68. The SMILES string of the molecule is CN=C(NCc1cccc(C)n1)N1CC(C)OC(c2ccc(F)cc2)C1.I. The summed E-state index contributed by atoms with van der Waals surface area (Å²) in [5.74, 6) is 0.577. The second-order valence-electron chi connectivity index (χ2n) is 6.56.